The summed E-state index contributed by atoms with van der Waals surface area (Å²) >= 11 is 0. The van der Waals surface area contributed by atoms with Crippen LogP contribution in [0.25, 0.3) is 0 Å². The fraction of sp³-hybridized carbons (Fsp3) is 0.952. The first-order chi connectivity index (χ1) is 12.1. The van der Waals surface area contributed by atoms with Gasteiger partial charge in [0, 0.05) is 17.8 Å². The van der Waals surface area contributed by atoms with E-state index in [1.807, 2.05) is 6.92 Å². The second-order valence-electron chi connectivity index (χ2n) is 10.2. The molecule has 4 aliphatic rings. The third-order valence-electron chi connectivity index (χ3n) is 9.51. The Morgan fingerprint density at radius 3 is 2.27 bits per heavy atom. The van der Waals surface area contributed by atoms with Crippen molar-refractivity contribution in [1.29, 1.82) is 0 Å². The molecule has 5 heteroatoms. The van der Waals surface area contributed by atoms with Gasteiger partial charge in [0.25, 0.3) is 0 Å². The molecular formula is C21H34O5. The van der Waals surface area contributed by atoms with Crippen LogP contribution in [0.5, 0.6) is 0 Å². The summed E-state index contributed by atoms with van der Waals surface area (Å²) in [6, 6.07) is 0. The number of ketones is 1. The molecule has 0 saturated heterocycles. The van der Waals surface area contributed by atoms with Gasteiger partial charge in [-0.3, -0.25) is 4.79 Å². The van der Waals surface area contributed by atoms with E-state index >= 15 is 0 Å². The zero-order chi connectivity index (χ0) is 19.0. The number of hydrogen-bond donors (Lipinski definition) is 4. The SMILES string of the molecule is CC12CCC(O)CC1(O)CCC1C2CCC2(C)C(C(=O)CO)CCC12O. The van der Waals surface area contributed by atoms with Gasteiger partial charge in [0.05, 0.1) is 17.3 Å². The molecule has 0 aliphatic heterocycles. The lowest BCUT2D eigenvalue weighted by Gasteiger charge is -2.65. The Hall–Kier alpha value is -0.490. The van der Waals surface area contributed by atoms with Crippen LogP contribution >= 0.6 is 0 Å². The Kier molecular flexibility index (Phi) is 4.17. The van der Waals surface area contributed by atoms with Crippen LogP contribution in [0, 0.1) is 28.6 Å². The maximum Gasteiger partial charge on any atom is 0.161 e. The molecule has 26 heavy (non-hydrogen) atoms. The van der Waals surface area contributed by atoms with Crippen LogP contribution in [0.4, 0.5) is 0 Å². The van der Waals surface area contributed by atoms with Gasteiger partial charge in [0.15, 0.2) is 5.78 Å². The number of hydrogen-bond acceptors (Lipinski definition) is 5. The number of rotatable bonds is 2. The van der Waals surface area contributed by atoms with E-state index in [2.05, 4.69) is 6.92 Å². The molecule has 4 aliphatic carbocycles. The first-order valence-electron chi connectivity index (χ1n) is 10.4. The molecule has 0 radical (unpaired) electrons. The maximum atomic E-state index is 12.3. The molecule has 0 bridgehead atoms. The van der Waals surface area contributed by atoms with Gasteiger partial charge in [-0.15, -0.1) is 0 Å². The molecule has 0 aromatic rings. The first-order valence-corrected chi connectivity index (χ1v) is 10.4. The molecular weight excluding hydrogens is 332 g/mol. The van der Waals surface area contributed by atoms with Crippen LogP contribution < -0.4 is 0 Å². The number of Topliss-reactive ketones (excluding diaryl/α,β-unsaturated/α-hetero) is 1. The van der Waals surface area contributed by atoms with E-state index in [-0.39, 0.29) is 29.0 Å². The molecule has 0 aromatic heterocycles. The van der Waals surface area contributed by atoms with Crippen molar-refractivity contribution in [3.63, 3.8) is 0 Å². The van der Waals surface area contributed by atoms with Crippen LogP contribution in [0.1, 0.15) is 71.6 Å². The van der Waals surface area contributed by atoms with Gasteiger partial charge in [0.2, 0.25) is 0 Å². The minimum Gasteiger partial charge on any atom is -0.393 e. The first kappa shape index (κ1) is 18.9. The molecule has 0 aromatic carbocycles. The molecule has 4 N–H and O–H groups in total. The predicted molar refractivity (Wildman–Crippen MR) is 96.2 cm³/mol. The number of aliphatic hydroxyl groups excluding tert-OH is 2. The highest BCUT2D eigenvalue weighted by atomic mass is 16.3. The molecule has 8 atom stereocenters. The summed E-state index contributed by atoms with van der Waals surface area (Å²) in [5.41, 5.74) is -2.51. The van der Waals surface area contributed by atoms with Crippen molar-refractivity contribution in [2.75, 3.05) is 6.61 Å². The van der Waals surface area contributed by atoms with E-state index in [4.69, 9.17) is 0 Å². The second-order valence-corrected chi connectivity index (χ2v) is 10.2. The van der Waals surface area contributed by atoms with Crippen molar-refractivity contribution < 1.29 is 25.2 Å². The van der Waals surface area contributed by atoms with E-state index in [0.717, 1.165) is 25.7 Å². The van der Waals surface area contributed by atoms with E-state index in [1.54, 1.807) is 0 Å². The van der Waals surface area contributed by atoms with Crippen molar-refractivity contribution in [2.24, 2.45) is 28.6 Å². The Bertz CT molecular complexity index is 607. The summed E-state index contributed by atoms with van der Waals surface area (Å²) in [4.78, 5) is 12.3. The maximum absolute atomic E-state index is 12.3. The zero-order valence-electron chi connectivity index (χ0n) is 16.1. The number of aliphatic hydroxyl groups is 4. The normalized spacial score (nSPS) is 56.4. The van der Waals surface area contributed by atoms with Gasteiger partial charge in [-0.2, -0.15) is 0 Å². The largest absolute Gasteiger partial charge is 0.393 e. The summed E-state index contributed by atoms with van der Waals surface area (Å²) in [6.45, 7) is 3.76. The van der Waals surface area contributed by atoms with Crippen molar-refractivity contribution in [3.8, 4) is 0 Å². The summed E-state index contributed by atoms with van der Waals surface area (Å²) in [5.74, 6) is -0.102. The standard InChI is InChI=1S/C21H34O5/c1-18-7-3-13(23)11-20(18,25)9-5-15-14(18)4-8-19(2)16(17(24)12-22)6-10-21(15,19)26/h13-16,22-23,25-26H,3-12H2,1-2H3. The van der Waals surface area contributed by atoms with Crippen molar-refractivity contribution in [2.45, 2.75) is 88.9 Å². The third kappa shape index (κ3) is 2.15. The highest BCUT2D eigenvalue weighted by molar-refractivity contribution is 5.83. The van der Waals surface area contributed by atoms with Crippen LogP contribution in [-0.4, -0.2) is 50.1 Å². The van der Waals surface area contributed by atoms with Gasteiger partial charge in [-0.05, 0) is 68.6 Å². The Labute approximate surface area is 155 Å². The molecule has 0 heterocycles. The topological polar surface area (TPSA) is 98.0 Å². The van der Waals surface area contributed by atoms with Crippen LogP contribution in [0.2, 0.25) is 0 Å². The lowest BCUT2D eigenvalue weighted by atomic mass is 9.42. The molecule has 4 saturated carbocycles. The van der Waals surface area contributed by atoms with Gasteiger partial charge in [0.1, 0.15) is 6.61 Å². The van der Waals surface area contributed by atoms with E-state index in [9.17, 15) is 25.2 Å². The highest BCUT2D eigenvalue weighted by Crippen LogP contribution is 2.69. The third-order valence-corrected chi connectivity index (χ3v) is 9.51. The Balaban J connectivity index is 1.69. The summed E-state index contributed by atoms with van der Waals surface area (Å²) in [7, 11) is 0. The summed E-state index contributed by atoms with van der Waals surface area (Å²) in [6.07, 6.45) is 5.78. The van der Waals surface area contributed by atoms with Crippen LogP contribution in [0.3, 0.4) is 0 Å². The van der Waals surface area contributed by atoms with E-state index in [0.29, 0.717) is 32.1 Å². The number of carbonyl (C=O) groups excluding carboxylic acids is 1. The van der Waals surface area contributed by atoms with Gasteiger partial charge in [-0.1, -0.05) is 13.8 Å². The van der Waals surface area contributed by atoms with E-state index in [1.165, 1.54) is 0 Å². The Morgan fingerprint density at radius 1 is 0.923 bits per heavy atom. The van der Waals surface area contributed by atoms with Crippen molar-refractivity contribution in [1.82, 2.24) is 0 Å². The number of fused-ring (bicyclic) bond motifs is 5. The molecule has 8 unspecified atom stereocenters. The second kappa shape index (κ2) is 5.76. The molecule has 0 spiro atoms. The summed E-state index contributed by atoms with van der Waals surface area (Å²) < 4.78 is 0. The average molecular weight is 366 g/mol. The quantitative estimate of drug-likeness (QED) is 0.597. The highest BCUT2D eigenvalue weighted by Gasteiger charge is 2.70. The minimum absolute atomic E-state index is 0.0817. The van der Waals surface area contributed by atoms with E-state index < -0.39 is 29.3 Å². The smallest absolute Gasteiger partial charge is 0.161 e. The van der Waals surface area contributed by atoms with Crippen LogP contribution in [0.15, 0.2) is 0 Å². The fourth-order valence-corrected chi connectivity index (χ4v) is 7.82. The van der Waals surface area contributed by atoms with Crippen molar-refractivity contribution in [3.05, 3.63) is 0 Å². The lowest BCUT2D eigenvalue weighted by molar-refractivity contribution is -0.255. The monoisotopic (exact) mass is 366 g/mol. The fourth-order valence-electron chi connectivity index (χ4n) is 7.82. The minimum atomic E-state index is -0.897. The molecule has 148 valence electrons. The molecule has 4 fully saturated rings. The van der Waals surface area contributed by atoms with Gasteiger partial charge >= 0.3 is 0 Å². The molecule has 4 rings (SSSR count). The summed E-state index contributed by atoms with van der Waals surface area (Å²) in [5, 5.41) is 42.8. The Morgan fingerprint density at radius 2 is 1.58 bits per heavy atom. The van der Waals surface area contributed by atoms with Gasteiger partial charge < -0.3 is 20.4 Å². The zero-order valence-corrected chi connectivity index (χ0v) is 16.1. The van der Waals surface area contributed by atoms with Crippen molar-refractivity contribution >= 4 is 5.78 Å². The predicted octanol–water partition coefficient (Wildman–Crippen LogP) is 1.80. The van der Waals surface area contributed by atoms with Gasteiger partial charge in [-0.25, -0.2) is 0 Å². The molecule has 0 amide bonds. The number of carbonyl (C=O) groups is 1. The lowest BCUT2D eigenvalue weighted by Crippen LogP contribution is -2.67. The van der Waals surface area contributed by atoms with Crippen LogP contribution in [-0.2, 0) is 4.79 Å². The average Bonchev–Trinajstić information content (AvgIpc) is 2.87. The molecule has 5 nitrogen and oxygen atoms in total.